The van der Waals surface area contributed by atoms with Gasteiger partial charge < -0.3 is 15.2 Å². The molecular formula is C17H25NO2S. The zero-order valence-electron chi connectivity index (χ0n) is 12.8. The van der Waals surface area contributed by atoms with E-state index in [1.54, 1.807) is 18.9 Å². The maximum absolute atomic E-state index is 6.42. The number of methoxy groups -OCH3 is 1. The fraction of sp³-hybridized carbons (Fsp3) is 0.647. The second kappa shape index (κ2) is 6.49. The van der Waals surface area contributed by atoms with Crippen LogP contribution in [0.1, 0.15) is 44.9 Å². The van der Waals surface area contributed by atoms with E-state index in [-0.39, 0.29) is 5.60 Å². The van der Waals surface area contributed by atoms with Crippen LogP contribution in [0.3, 0.4) is 0 Å². The van der Waals surface area contributed by atoms with Gasteiger partial charge in [0.15, 0.2) is 0 Å². The largest absolute Gasteiger partial charge is 0.497 e. The predicted octanol–water partition coefficient (Wildman–Crippen LogP) is 4.25. The number of nitrogens with two attached hydrogens (primary N) is 1. The van der Waals surface area contributed by atoms with Crippen LogP contribution in [-0.4, -0.2) is 24.6 Å². The SMILES string of the molecule is COc1ccc(N)c(SCC2CCC3(CCCCC3)O2)c1. The molecule has 1 saturated carbocycles. The first-order chi connectivity index (χ1) is 10.2. The minimum Gasteiger partial charge on any atom is -0.497 e. The van der Waals surface area contributed by atoms with Crippen LogP contribution in [-0.2, 0) is 4.74 Å². The normalized spacial score (nSPS) is 24.3. The molecule has 1 heterocycles. The summed E-state index contributed by atoms with van der Waals surface area (Å²) < 4.78 is 11.7. The summed E-state index contributed by atoms with van der Waals surface area (Å²) in [7, 11) is 1.69. The number of benzene rings is 1. The van der Waals surface area contributed by atoms with Gasteiger partial charge in [0.05, 0.1) is 18.8 Å². The molecule has 1 aliphatic heterocycles. The van der Waals surface area contributed by atoms with Gasteiger partial charge in [0.25, 0.3) is 0 Å². The number of rotatable bonds is 4. The lowest BCUT2D eigenvalue weighted by atomic mass is 9.83. The highest BCUT2D eigenvalue weighted by Crippen LogP contribution is 2.43. The highest BCUT2D eigenvalue weighted by atomic mass is 32.2. The Bertz CT molecular complexity index is 486. The Morgan fingerprint density at radius 1 is 1.29 bits per heavy atom. The lowest BCUT2D eigenvalue weighted by molar-refractivity contribution is -0.0555. The molecule has 0 bridgehead atoms. The molecule has 116 valence electrons. The second-order valence-electron chi connectivity index (χ2n) is 6.24. The van der Waals surface area contributed by atoms with Gasteiger partial charge in [-0.05, 0) is 43.9 Å². The van der Waals surface area contributed by atoms with E-state index in [1.807, 2.05) is 18.2 Å². The molecule has 1 saturated heterocycles. The summed E-state index contributed by atoms with van der Waals surface area (Å²) in [6.07, 6.45) is 9.38. The van der Waals surface area contributed by atoms with Gasteiger partial charge in [0.1, 0.15) is 5.75 Å². The Balaban J connectivity index is 1.56. The van der Waals surface area contributed by atoms with Crippen molar-refractivity contribution < 1.29 is 9.47 Å². The number of hydrogen-bond donors (Lipinski definition) is 1. The van der Waals surface area contributed by atoms with Crippen molar-refractivity contribution in [2.45, 2.75) is 61.5 Å². The maximum Gasteiger partial charge on any atom is 0.120 e. The average molecular weight is 307 g/mol. The Morgan fingerprint density at radius 3 is 2.86 bits per heavy atom. The zero-order chi connectivity index (χ0) is 14.7. The van der Waals surface area contributed by atoms with E-state index < -0.39 is 0 Å². The van der Waals surface area contributed by atoms with Gasteiger partial charge in [0.2, 0.25) is 0 Å². The van der Waals surface area contributed by atoms with Crippen LogP contribution in [0.4, 0.5) is 5.69 Å². The van der Waals surface area contributed by atoms with Gasteiger partial charge in [-0.2, -0.15) is 0 Å². The average Bonchev–Trinajstić information content (AvgIpc) is 2.90. The van der Waals surface area contributed by atoms with E-state index in [4.69, 9.17) is 15.2 Å². The number of anilines is 1. The highest BCUT2D eigenvalue weighted by Gasteiger charge is 2.40. The third-order valence-electron chi connectivity index (χ3n) is 4.75. The third kappa shape index (κ3) is 3.49. The van der Waals surface area contributed by atoms with Crippen LogP contribution in [0.25, 0.3) is 0 Å². The lowest BCUT2D eigenvalue weighted by Crippen LogP contribution is -2.32. The van der Waals surface area contributed by atoms with Crippen molar-refractivity contribution in [2.75, 3.05) is 18.6 Å². The van der Waals surface area contributed by atoms with E-state index in [0.29, 0.717) is 6.10 Å². The summed E-state index contributed by atoms with van der Waals surface area (Å²) >= 11 is 1.79. The van der Waals surface area contributed by atoms with E-state index in [1.165, 1.54) is 44.9 Å². The fourth-order valence-electron chi connectivity index (χ4n) is 3.53. The maximum atomic E-state index is 6.42. The summed E-state index contributed by atoms with van der Waals surface area (Å²) in [5.74, 6) is 1.85. The Morgan fingerprint density at radius 2 is 2.10 bits per heavy atom. The third-order valence-corrected chi connectivity index (χ3v) is 5.95. The molecule has 1 spiro atoms. The standard InChI is InChI=1S/C17H25NO2S/c1-19-13-5-6-15(18)16(11-13)21-12-14-7-10-17(20-14)8-3-2-4-9-17/h5-6,11,14H,2-4,7-10,12,18H2,1H3. The molecule has 3 rings (SSSR count). The van der Waals surface area contributed by atoms with Gasteiger partial charge in [-0.3, -0.25) is 0 Å². The molecule has 0 radical (unpaired) electrons. The first-order valence-electron chi connectivity index (χ1n) is 7.95. The first-order valence-corrected chi connectivity index (χ1v) is 8.93. The minimum atomic E-state index is 0.212. The van der Waals surface area contributed by atoms with Crippen molar-refractivity contribution in [3.63, 3.8) is 0 Å². The van der Waals surface area contributed by atoms with Crippen LogP contribution >= 0.6 is 11.8 Å². The number of thioether (sulfide) groups is 1. The van der Waals surface area contributed by atoms with E-state index in [0.717, 1.165) is 22.1 Å². The number of nitrogen functional groups attached to an aromatic ring is 1. The Hall–Kier alpha value is -0.870. The Labute approximate surface area is 131 Å². The molecular weight excluding hydrogens is 282 g/mol. The smallest absolute Gasteiger partial charge is 0.120 e. The molecule has 1 aromatic rings. The number of ether oxygens (including phenoxy) is 2. The predicted molar refractivity (Wildman–Crippen MR) is 88.1 cm³/mol. The molecule has 0 aromatic heterocycles. The molecule has 1 atom stereocenters. The van der Waals surface area contributed by atoms with Crippen molar-refractivity contribution in [2.24, 2.45) is 0 Å². The van der Waals surface area contributed by atoms with E-state index >= 15 is 0 Å². The van der Waals surface area contributed by atoms with Gasteiger partial charge in [0, 0.05) is 16.3 Å². The molecule has 1 aliphatic carbocycles. The van der Waals surface area contributed by atoms with Crippen LogP contribution in [0.2, 0.25) is 0 Å². The van der Waals surface area contributed by atoms with Gasteiger partial charge in [-0.1, -0.05) is 19.3 Å². The summed E-state index contributed by atoms with van der Waals surface area (Å²) in [4.78, 5) is 1.10. The minimum absolute atomic E-state index is 0.212. The molecule has 2 N–H and O–H groups in total. The monoisotopic (exact) mass is 307 g/mol. The second-order valence-corrected chi connectivity index (χ2v) is 7.30. The van der Waals surface area contributed by atoms with E-state index in [9.17, 15) is 0 Å². The molecule has 0 amide bonds. The van der Waals surface area contributed by atoms with Gasteiger partial charge >= 0.3 is 0 Å². The lowest BCUT2D eigenvalue weighted by Gasteiger charge is -2.33. The summed E-state index contributed by atoms with van der Waals surface area (Å²) in [6, 6.07) is 5.84. The van der Waals surface area contributed by atoms with Gasteiger partial charge in [-0.25, -0.2) is 0 Å². The summed E-state index contributed by atoms with van der Waals surface area (Å²) in [5.41, 5.74) is 7.08. The topological polar surface area (TPSA) is 44.5 Å². The zero-order valence-corrected chi connectivity index (χ0v) is 13.6. The number of hydrogen-bond acceptors (Lipinski definition) is 4. The summed E-state index contributed by atoms with van der Waals surface area (Å²) in [6.45, 7) is 0. The van der Waals surface area contributed by atoms with E-state index in [2.05, 4.69) is 0 Å². The van der Waals surface area contributed by atoms with Crippen LogP contribution in [0.5, 0.6) is 5.75 Å². The molecule has 3 nitrogen and oxygen atoms in total. The van der Waals surface area contributed by atoms with Crippen molar-refractivity contribution >= 4 is 17.4 Å². The Kier molecular flexibility index (Phi) is 4.65. The van der Waals surface area contributed by atoms with Crippen LogP contribution < -0.4 is 10.5 Å². The van der Waals surface area contributed by atoms with Crippen molar-refractivity contribution in [1.82, 2.24) is 0 Å². The quantitative estimate of drug-likeness (QED) is 0.667. The van der Waals surface area contributed by atoms with Crippen molar-refractivity contribution in [3.8, 4) is 5.75 Å². The fourth-order valence-corrected chi connectivity index (χ4v) is 4.56. The molecule has 1 unspecified atom stereocenters. The first kappa shape index (κ1) is 15.0. The van der Waals surface area contributed by atoms with Crippen LogP contribution in [0, 0.1) is 0 Å². The van der Waals surface area contributed by atoms with Crippen LogP contribution in [0.15, 0.2) is 23.1 Å². The highest BCUT2D eigenvalue weighted by molar-refractivity contribution is 7.99. The molecule has 2 aliphatic rings. The van der Waals surface area contributed by atoms with Crippen molar-refractivity contribution in [1.29, 1.82) is 0 Å². The summed E-state index contributed by atoms with van der Waals surface area (Å²) in [5, 5.41) is 0. The van der Waals surface area contributed by atoms with Gasteiger partial charge in [-0.15, -0.1) is 11.8 Å². The molecule has 2 fully saturated rings. The molecule has 21 heavy (non-hydrogen) atoms. The van der Waals surface area contributed by atoms with Crippen molar-refractivity contribution in [3.05, 3.63) is 18.2 Å². The molecule has 1 aromatic carbocycles. The molecule has 4 heteroatoms.